The Balaban J connectivity index is 2.02. The highest BCUT2D eigenvalue weighted by Crippen LogP contribution is 2.25. The maximum Gasteiger partial charge on any atom is 0.0715 e. The lowest BCUT2D eigenvalue weighted by molar-refractivity contribution is 0.0254. The Hall–Kier alpha value is -0.930. The van der Waals surface area contributed by atoms with Crippen LogP contribution in [0.1, 0.15) is 25.0 Å². The number of hydrogen-bond acceptors (Lipinski definition) is 3. The van der Waals surface area contributed by atoms with Crippen molar-refractivity contribution in [2.24, 2.45) is 0 Å². The van der Waals surface area contributed by atoms with E-state index in [1.54, 1.807) is 6.20 Å². The molecule has 0 saturated carbocycles. The minimum Gasteiger partial charge on any atom is -0.389 e. The lowest BCUT2D eigenvalue weighted by Crippen LogP contribution is -2.33. The van der Waals surface area contributed by atoms with Crippen LogP contribution in [-0.2, 0) is 6.42 Å². The molecule has 1 aliphatic rings. The van der Waals surface area contributed by atoms with Crippen molar-refractivity contribution in [3.8, 4) is 0 Å². The van der Waals surface area contributed by atoms with Crippen LogP contribution in [0.2, 0.25) is 0 Å². The van der Waals surface area contributed by atoms with Gasteiger partial charge in [0.2, 0.25) is 0 Å². The van der Waals surface area contributed by atoms with Gasteiger partial charge in [0.1, 0.15) is 0 Å². The highest BCUT2D eigenvalue weighted by molar-refractivity contribution is 5.07. The molecule has 1 aromatic rings. The average Bonchev–Trinajstić information content (AvgIpc) is 2.43. The fraction of sp³-hybridized carbons (Fsp3) is 0.615. The highest BCUT2D eigenvalue weighted by atomic mass is 16.3. The van der Waals surface area contributed by atoms with Gasteiger partial charge in [-0.3, -0.25) is 4.98 Å². The maximum absolute atomic E-state index is 10.6. The summed E-state index contributed by atoms with van der Waals surface area (Å²) < 4.78 is 0. The second-order valence-corrected chi connectivity index (χ2v) is 4.88. The summed E-state index contributed by atoms with van der Waals surface area (Å²) in [5, 5.41) is 10.6. The molecule has 1 fully saturated rings. The molecule has 0 aliphatic carbocycles. The first-order valence-electron chi connectivity index (χ1n) is 5.99. The van der Waals surface area contributed by atoms with Crippen molar-refractivity contribution in [2.45, 2.75) is 31.3 Å². The minimum absolute atomic E-state index is 0.556. The van der Waals surface area contributed by atoms with Gasteiger partial charge < -0.3 is 10.0 Å². The number of rotatable bonds is 2. The summed E-state index contributed by atoms with van der Waals surface area (Å²) in [5.74, 6) is 0. The molecule has 0 aromatic carbocycles. The van der Waals surface area contributed by atoms with E-state index in [0.29, 0.717) is 6.42 Å². The molecule has 2 heterocycles. The normalized spacial score (nSPS) is 27.6. The van der Waals surface area contributed by atoms with E-state index in [4.69, 9.17) is 0 Å². The molecule has 88 valence electrons. The Morgan fingerprint density at radius 2 is 2.25 bits per heavy atom. The van der Waals surface area contributed by atoms with Crippen molar-refractivity contribution < 1.29 is 5.11 Å². The Labute approximate surface area is 97.1 Å². The van der Waals surface area contributed by atoms with Gasteiger partial charge in [-0.15, -0.1) is 0 Å². The molecular weight excluding hydrogens is 200 g/mol. The lowest BCUT2D eigenvalue weighted by Gasteiger charge is -2.26. The number of hydrogen-bond donors (Lipinski definition) is 1. The minimum atomic E-state index is -0.556. The van der Waals surface area contributed by atoms with Crippen molar-refractivity contribution in [3.63, 3.8) is 0 Å². The lowest BCUT2D eigenvalue weighted by atomic mass is 9.89. The Kier molecular flexibility index (Phi) is 3.56. The predicted octanol–water partition coefficient (Wildman–Crippen LogP) is 1.47. The maximum atomic E-state index is 10.6. The van der Waals surface area contributed by atoms with Crippen molar-refractivity contribution in [3.05, 3.63) is 30.1 Å². The van der Waals surface area contributed by atoms with E-state index in [0.717, 1.165) is 38.0 Å². The van der Waals surface area contributed by atoms with Gasteiger partial charge in [-0.25, -0.2) is 0 Å². The standard InChI is InChI=1S/C13H20N2O/c1-15-9-4-6-13(16,7-10-15)11-12-5-2-3-8-14-12/h2-3,5,8,16H,4,6-7,9-11H2,1H3. The van der Waals surface area contributed by atoms with Crippen molar-refractivity contribution in [1.82, 2.24) is 9.88 Å². The van der Waals surface area contributed by atoms with Crippen molar-refractivity contribution in [1.29, 1.82) is 0 Å². The van der Waals surface area contributed by atoms with Crippen LogP contribution in [0.4, 0.5) is 0 Å². The van der Waals surface area contributed by atoms with E-state index in [-0.39, 0.29) is 0 Å². The van der Waals surface area contributed by atoms with Crippen molar-refractivity contribution >= 4 is 0 Å². The van der Waals surface area contributed by atoms with Crippen LogP contribution in [0.5, 0.6) is 0 Å². The topological polar surface area (TPSA) is 36.4 Å². The molecule has 16 heavy (non-hydrogen) atoms. The molecule has 1 aliphatic heterocycles. The Morgan fingerprint density at radius 1 is 1.38 bits per heavy atom. The molecule has 0 bridgehead atoms. The largest absolute Gasteiger partial charge is 0.389 e. The highest BCUT2D eigenvalue weighted by Gasteiger charge is 2.29. The molecule has 2 rings (SSSR count). The molecule has 1 aromatic heterocycles. The second-order valence-electron chi connectivity index (χ2n) is 4.88. The second kappa shape index (κ2) is 4.93. The molecule has 3 heteroatoms. The van der Waals surface area contributed by atoms with Gasteiger partial charge in [-0.1, -0.05) is 6.07 Å². The smallest absolute Gasteiger partial charge is 0.0715 e. The van der Waals surface area contributed by atoms with Gasteiger partial charge >= 0.3 is 0 Å². The molecule has 1 saturated heterocycles. The zero-order chi connectivity index (χ0) is 11.4. The Bertz CT molecular complexity index is 328. The molecule has 3 nitrogen and oxygen atoms in total. The zero-order valence-corrected chi connectivity index (χ0v) is 9.89. The van der Waals surface area contributed by atoms with Gasteiger partial charge in [0.15, 0.2) is 0 Å². The number of nitrogens with zero attached hydrogens (tertiary/aromatic N) is 2. The summed E-state index contributed by atoms with van der Waals surface area (Å²) in [6.45, 7) is 2.06. The summed E-state index contributed by atoms with van der Waals surface area (Å²) in [7, 11) is 2.12. The van der Waals surface area contributed by atoms with Gasteiger partial charge in [-0.05, 0) is 45.0 Å². The van der Waals surface area contributed by atoms with Gasteiger partial charge in [-0.2, -0.15) is 0 Å². The molecule has 0 amide bonds. The van der Waals surface area contributed by atoms with Crippen LogP contribution in [0.25, 0.3) is 0 Å². The van der Waals surface area contributed by atoms with Gasteiger partial charge in [0, 0.05) is 24.9 Å². The SMILES string of the molecule is CN1CCCC(O)(Cc2ccccn2)CC1. The Morgan fingerprint density at radius 3 is 3.00 bits per heavy atom. The molecule has 1 atom stereocenters. The first-order valence-corrected chi connectivity index (χ1v) is 5.99. The van der Waals surface area contributed by atoms with Crippen LogP contribution in [0.15, 0.2) is 24.4 Å². The zero-order valence-electron chi connectivity index (χ0n) is 9.89. The molecular formula is C13H20N2O. The molecule has 0 radical (unpaired) electrons. The van der Waals surface area contributed by atoms with Crippen LogP contribution in [0, 0.1) is 0 Å². The van der Waals surface area contributed by atoms with E-state index < -0.39 is 5.60 Å². The third-order valence-corrected chi connectivity index (χ3v) is 3.38. The predicted molar refractivity (Wildman–Crippen MR) is 64.2 cm³/mol. The fourth-order valence-corrected chi connectivity index (χ4v) is 2.33. The van der Waals surface area contributed by atoms with E-state index in [1.165, 1.54) is 0 Å². The number of aromatic nitrogens is 1. The summed E-state index contributed by atoms with van der Waals surface area (Å²) >= 11 is 0. The number of likely N-dealkylation sites (tertiary alicyclic amines) is 1. The number of aliphatic hydroxyl groups is 1. The van der Waals surface area contributed by atoms with Crippen LogP contribution >= 0.6 is 0 Å². The van der Waals surface area contributed by atoms with Crippen LogP contribution in [-0.4, -0.2) is 40.7 Å². The average molecular weight is 220 g/mol. The quantitative estimate of drug-likeness (QED) is 0.820. The van der Waals surface area contributed by atoms with E-state index in [1.807, 2.05) is 18.2 Å². The first-order chi connectivity index (χ1) is 7.68. The summed E-state index contributed by atoms with van der Waals surface area (Å²) in [4.78, 5) is 6.58. The van der Waals surface area contributed by atoms with E-state index in [9.17, 15) is 5.11 Å². The third-order valence-electron chi connectivity index (χ3n) is 3.38. The fourth-order valence-electron chi connectivity index (χ4n) is 2.33. The third kappa shape index (κ3) is 3.03. The van der Waals surface area contributed by atoms with Crippen LogP contribution in [0.3, 0.4) is 0 Å². The molecule has 1 N–H and O–H groups in total. The number of pyridine rings is 1. The first kappa shape index (κ1) is 11.6. The van der Waals surface area contributed by atoms with Crippen molar-refractivity contribution in [2.75, 3.05) is 20.1 Å². The monoisotopic (exact) mass is 220 g/mol. The molecule has 0 spiro atoms. The van der Waals surface area contributed by atoms with E-state index in [2.05, 4.69) is 16.9 Å². The summed E-state index contributed by atoms with van der Waals surface area (Å²) in [6, 6.07) is 5.88. The van der Waals surface area contributed by atoms with Gasteiger partial charge in [0.05, 0.1) is 5.60 Å². The summed E-state index contributed by atoms with van der Waals surface area (Å²) in [5.41, 5.74) is 0.439. The van der Waals surface area contributed by atoms with Crippen LogP contribution < -0.4 is 0 Å². The summed E-state index contributed by atoms with van der Waals surface area (Å²) in [6.07, 6.45) is 5.27. The molecule has 1 unspecified atom stereocenters. The van der Waals surface area contributed by atoms with E-state index >= 15 is 0 Å². The van der Waals surface area contributed by atoms with Gasteiger partial charge in [0.25, 0.3) is 0 Å².